The SMILES string of the molecule is CN[C@@H]1CCC2=NC3=CC=C(C(N)=O)CC3=C2C1. The van der Waals surface area contributed by atoms with Crippen molar-refractivity contribution in [3.63, 3.8) is 0 Å². The Morgan fingerprint density at radius 2 is 2.28 bits per heavy atom. The first-order valence-corrected chi connectivity index (χ1v) is 6.37. The Morgan fingerprint density at radius 3 is 3.00 bits per heavy atom. The van der Waals surface area contributed by atoms with Crippen LogP contribution in [0.1, 0.15) is 25.7 Å². The van der Waals surface area contributed by atoms with E-state index >= 15 is 0 Å². The van der Waals surface area contributed by atoms with E-state index in [0.717, 1.165) is 25.0 Å². The fourth-order valence-electron chi connectivity index (χ4n) is 2.90. The van der Waals surface area contributed by atoms with Gasteiger partial charge < -0.3 is 11.1 Å². The molecular weight excluding hydrogens is 226 g/mol. The van der Waals surface area contributed by atoms with E-state index in [0.29, 0.717) is 18.0 Å². The average Bonchev–Trinajstić information content (AvgIpc) is 2.75. The van der Waals surface area contributed by atoms with E-state index in [9.17, 15) is 4.79 Å². The minimum Gasteiger partial charge on any atom is -0.366 e. The number of carbonyl (C=O) groups is 1. The molecule has 0 unspecified atom stereocenters. The number of primary amides is 1. The molecule has 2 aliphatic carbocycles. The van der Waals surface area contributed by atoms with Gasteiger partial charge in [-0.3, -0.25) is 9.79 Å². The molecule has 1 fully saturated rings. The number of allylic oxidation sites excluding steroid dienone is 3. The van der Waals surface area contributed by atoms with E-state index in [4.69, 9.17) is 5.73 Å². The van der Waals surface area contributed by atoms with Crippen LogP contribution in [0.25, 0.3) is 0 Å². The largest absolute Gasteiger partial charge is 0.366 e. The lowest BCUT2D eigenvalue weighted by molar-refractivity contribution is -0.114. The number of amides is 1. The van der Waals surface area contributed by atoms with Gasteiger partial charge in [0.2, 0.25) is 5.91 Å². The standard InChI is InChI=1S/C14H17N3O/c1-16-9-3-5-13-11(7-9)10-6-8(14(15)18)2-4-12(10)17-13/h2,4,9,16H,3,5-7H2,1H3,(H2,15,18)/t9-/m1/s1. The van der Waals surface area contributed by atoms with Crippen molar-refractivity contribution in [2.75, 3.05) is 7.05 Å². The van der Waals surface area contributed by atoms with Gasteiger partial charge in [0, 0.05) is 23.7 Å². The van der Waals surface area contributed by atoms with Gasteiger partial charge in [0.1, 0.15) is 0 Å². The van der Waals surface area contributed by atoms with E-state index in [-0.39, 0.29) is 5.91 Å². The van der Waals surface area contributed by atoms with Crippen molar-refractivity contribution < 1.29 is 4.79 Å². The molecule has 3 rings (SSSR count). The maximum Gasteiger partial charge on any atom is 0.244 e. The maximum absolute atomic E-state index is 11.3. The van der Waals surface area contributed by atoms with Crippen LogP contribution in [-0.2, 0) is 4.79 Å². The van der Waals surface area contributed by atoms with E-state index in [1.165, 1.54) is 16.9 Å². The van der Waals surface area contributed by atoms with E-state index in [1.54, 1.807) is 6.08 Å². The van der Waals surface area contributed by atoms with Crippen LogP contribution in [0.5, 0.6) is 0 Å². The molecule has 3 N–H and O–H groups in total. The van der Waals surface area contributed by atoms with Crippen molar-refractivity contribution in [1.82, 2.24) is 5.32 Å². The Labute approximate surface area is 106 Å². The van der Waals surface area contributed by atoms with Crippen LogP contribution in [0.3, 0.4) is 0 Å². The lowest BCUT2D eigenvalue weighted by Crippen LogP contribution is -2.31. The molecule has 1 amide bonds. The van der Waals surface area contributed by atoms with Crippen LogP contribution < -0.4 is 11.1 Å². The van der Waals surface area contributed by atoms with Gasteiger partial charge in [-0.1, -0.05) is 6.08 Å². The van der Waals surface area contributed by atoms with Crippen molar-refractivity contribution in [2.24, 2.45) is 10.7 Å². The highest BCUT2D eigenvalue weighted by molar-refractivity contribution is 6.06. The summed E-state index contributed by atoms with van der Waals surface area (Å²) in [5.41, 5.74) is 10.8. The third-order valence-electron chi connectivity index (χ3n) is 3.99. The van der Waals surface area contributed by atoms with Crippen molar-refractivity contribution in [3.8, 4) is 0 Å². The van der Waals surface area contributed by atoms with Crippen LogP contribution in [-0.4, -0.2) is 24.7 Å². The van der Waals surface area contributed by atoms with Crippen LogP contribution in [0, 0.1) is 0 Å². The quantitative estimate of drug-likeness (QED) is 0.765. The monoisotopic (exact) mass is 243 g/mol. The molecule has 0 spiro atoms. The second-order valence-corrected chi connectivity index (χ2v) is 5.03. The lowest BCUT2D eigenvalue weighted by Gasteiger charge is -2.24. The molecule has 94 valence electrons. The number of nitrogens with two attached hydrogens (primary N) is 1. The Kier molecular flexibility index (Phi) is 2.67. The summed E-state index contributed by atoms with van der Waals surface area (Å²) < 4.78 is 0. The molecule has 0 aromatic rings. The number of hydrogen-bond acceptors (Lipinski definition) is 3. The molecule has 3 aliphatic rings. The molecule has 18 heavy (non-hydrogen) atoms. The van der Waals surface area contributed by atoms with Gasteiger partial charge in [0.15, 0.2) is 0 Å². The number of carbonyl (C=O) groups excluding carboxylic acids is 1. The molecule has 0 aromatic carbocycles. The molecule has 1 heterocycles. The number of hydrogen-bond donors (Lipinski definition) is 2. The molecule has 0 saturated heterocycles. The summed E-state index contributed by atoms with van der Waals surface area (Å²) in [6, 6.07) is 0.522. The summed E-state index contributed by atoms with van der Waals surface area (Å²) in [5, 5.41) is 3.33. The highest BCUT2D eigenvalue weighted by Crippen LogP contribution is 2.39. The summed E-state index contributed by atoms with van der Waals surface area (Å²) in [5.74, 6) is -0.326. The molecule has 4 nitrogen and oxygen atoms in total. The molecule has 0 aromatic heterocycles. The van der Waals surface area contributed by atoms with Gasteiger partial charge in [0.25, 0.3) is 0 Å². The summed E-state index contributed by atoms with van der Waals surface area (Å²) in [7, 11) is 2.00. The first-order chi connectivity index (χ1) is 8.69. The third kappa shape index (κ3) is 1.73. The van der Waals surface area contributed by atoms with E-state index in [1.807, 2.05) is 13.1 Å². The molecule has 1 saturated carbocycles. The van der Waals surface area contributed by atoms with Gasteiger partial charge in [0.05, 0.1) is 5.70 Å². The summed E-state index contributed by atoms with van der Waals surface area (Å²) in [4.78, 5) is 15.9. The van der Waals surface area contributed by atoms with Crippen molar-refractivity contribution in [2.45, 2.75) is 31.7 Å². The number of fused-ring (bicyclic) bond motifs is 2. The van der Waals surface area contributed by atoms with Crippen molar-refractivity contribution in [1.29, 1.82) is 0 Å². The maximum atomic E-state index is 11.3. The molecule has 1 aliphatic heterocycles. The normalized spacial score (nSPS) is 26.1. The number of aliphatic imine (C=N–C) groups is 1. The number of nitrogens with zero attached hydrogens (tertiary/aromatic N) is 1. The van der Waals surface area contributed by atoms with Gasteiger partial charge in [-0.05, 0) is 43.5 Å². The molecule has 0 bridgehead atoms. The van der Waals surface area contributed by atoms with E-state index < -0.39 is 0 Å². The van der Waals surface area contributed by atoms with E-state index in [2.05, 4.69) is 10.3 Å². The Morgan fingerprint density at radius 1 is 1.44 bits per heavy atom. The number of rotatable bonds is 2. The fraction of sp³-hybridized carbons (Fsp3) is 0.429. The summed E-state index contributed by atoms with van der Waals surface area (Å²) >= 11 is 0. The van der Waals surface area contributed by atoms with Crippen LogP contribution in [0.15, 0.2) is 39.6 Å². The lowest BCUT2D eigenvalue weighted by atomic mass is 9.84. The van der Waals surface area contributed by atoms with Gasteiger partial charge in [-0.2, -0.15) is 0 Å². The number of nitrogens with one attached hydrogen (secondary N) is 1. The fourth-order valence-corrected chi connectivity index (χ4v) is 2.90. The molecule has 1 atom stereocenters. The predicted octanol–water partition coefficient (Wildman–Crippen LogP) is 1.21. The Bertz CT molecular complexity index is 537. The van der Waals surface area contributed by atoms with Crippen molar-refractivity contribution in [3.05, 3.63) is 34.6 Å². The second kappa shape index (κ2) is 4.21. The highest BCUT2D eigenvalue weighted by Gasteiger charge is 2.31. The molecule has 4 heteroatoms. The third-order valence-corrected chi connectivity index (χ3v) is 3.99. The Hall–Kier alpha value is -1.68. The average molecular weight is 243 g/mol. The smallest absolute Gasteiger partial charge is 0.244 e. The highest BCUT2D eigenvalue weighted by atomic mass is 16.1. The minimum atomic E-state index is -0.326. The van der Waals surface area contributed by atoms with Gasteiger partial charge in [-0.25, -0.2) is 0 Å². The van der Waals surface area contributed by atoms with Crippen LogP contribution in [0.2, 0.25) is 0 Å². The molecule has 0 radical (unpaired) electrons. The first-order valence-electron chi connectivity index (χ1n) is 6.37. The molecular formula is C14H17N3O. The summed E-state index contributed by atoms with van der Waals surface area (Å²) in [6.07, 6.45) is 7.53. The van der Waals surface area contributed by atoms with Gasteiger partial charge in [-0.15, -0.1) is 0 Å². The Balaban J connectivity index is 1.95. The zero-order valence-electron chi connectivity index (χ0n) is 10.5. The topological polar surface area (TPSA) is 67.5 Å². The summed E-state index contributed by atoms with van der Waals surface area (Å²) in [6.45, 7) is 0. The zero-order chi connectivity index (χ0) is 12.7. The van der Waals surface area contributed by atoms with Crippen molar-refractivity contribution >= 4 is 11.6 Å². The minimum absolute atomic E-state index is 0.326. The zero-order valence-corrected chi connectivity index (χ0v) is 10.5. The first kappa shape index (κ1) is 11.4. The van der Waals surface area contributed by atoms with Crippen LogP contribution >= 0.6 is 0 Å². The predicted molar refractivity (Wildman–Crippen MR) is 71.1 cm³/mol. The second-order valence-electron chi connectivity index (χ2n) is 5.03. The van der Waals surface area contributed by atoms with Crippen LogP contribution in [0.4, 0.5) is 0 Å². The van der Waals surface area contributed by atoms with Gasteiger partial charge >= 0.3 is 0 Å².